The maximum absolute atomic E-state index is 14.4. The molecule has 2 unspecified atom stereocenters. The van der Waals surface area contributed by atoms with Gasteiger partial charge in [-0.15, -0.1) is 0 Å². The fourth-order valence-electron chi connectivity index (χ4n) is 9.66. The number of esters is 1. The van der Waals surface area contributed by atoms with E-state index in [1.54, 1.807) is 48.5 Å². The van der Waals surface area contributed by atoms with Crippen LogP contribution in [0.1, 0.15) is 100 Å². The van der Waals surface area contributed by atoms with E-state index in [0.717, 1.165) is 5.56 Å². The summed E-state index contributed by atoms with van der Waals surface area (Å²) in [6.07, 6.45) is -9.34. The lowest BCUT2D eigenvalue weighted by Gasteiger charge is -2.49. The van der Waals surface area contributed by atoms with Gasteiger partial charge >= 0.3 is 5.97 Å². The Labute approximate surface area is 369 Å². The van der Waals surface area contributed by atoms with E-state index in [9.17, 15) is 30.3 Å². The van der Waals surface area contributed by atoms with Gasteiger partial charge in [-0.25, -0.2) is 0 Å². The molecule has 1 aromatic carbocycles. The van der Waals surface area contributed by atoms with Gasteiger partial charge in [-0.2, -0.15) is 0 Å². The molecule has 0 amide bonds. The summed E-state index contributed by atoms with van der Waals surface area (Å²) in [5.41, 5.74) is -3.28. The highest BCUT2D eigenvalue weighted by Gasteiger charge is 2.53. The first-order chi connectivity index (χ1) is 29.0. The summed E-state index contributed by atoms with van der Waals surface area (Å²) in [6.45, 7) is 18.5. The van der Waals surface area contributed by atoms with Crippen LogP contribution in [-0.4, -0.2) is 161 Å². The van der Waals surface area contributed by atoms with Gasteiger partial charge in [0, 0.05) is 50.4 Å². The molecule has 6 N–H and O–H groups in total. The third-order valence-corrected chi connectivity index (χ3v) is 13.6. The van der Waals surface area contributed by atoms with Crippen LogP contribution in [0.4, 0.5) is 0 Å². The lowest BCUT2D eigenvalue weighted by molar-refractivity contribution is -0.317. The van der Waals surface area contributed by atoms with Crippen molar-refractivity contribution in [1.29, 1.82) is 0 Å². The van der Waals surface area contributed by atoms with Crippen LogP contribution in [-0.2, 0) is 44.6 Å². The van der Waals surface area contributed by atoms with Crippen LogP contribution in [0, 0.1) is 23.7 Å². The van der Waals surface area contributed by atoms with Crippen molar-refractivity contribution >= 4 is 11.7 Å². The molecule has 4 rings (SSSR count). The molecule has 0 saturated carbocycles. The predicted molar refractivity (Wildman–Crippen MR) is 233 cm³/mol. The Morgan fingerprint density at radius 3 is 2.19 bits per heavy atom. The maximum atomic E-state index is 14.4. The van der Waals surface area contributed by atoms with Crippen LogP contribution in [0.25, 0.3) is 0 Å². The number of benzene rings is 1. The monoisotopic (exact) mass is 882 g/mol. The van der Waals surface area contributed by atoms with Gasteiger partial charge in [0.15, 0.2) is 12.6 Å². The van der Waals surface area contributed by atoms with Crippen molar-refractivity contribution in [1.82, 2.24) is 10.2 Å². The molecule has 3 aliphatic heterocycles. The Morgan fingerprint density at radius 1 is 0.919 bits per heavy atom. The standard InChI is InChI=1S/C46H79N3O13/c1-14-34-46(10,55)39(51)28(4)36(48-57-21-20-47-25-32-18-16-15-17-19-32)26(2)23-44(8,54)41(62-43-37(50)33(49(11)12)22-27(3)58-43)29(5)38(30(6)42(53)60-34)61-35-24-45(9,56-13)40(52)31(7)59-35/h15-19,26-31,33-35,37-41,43,47,50-52,54-55H,14,20-25H2,1-13H3/b48-36+/t26-,27-,28+,29+,30-,31+,33?,34-,35+,37-,38+,39-,40+,41-,43+,44?,45-,46-/m1/s1. The van der Waals surface area contributed by atoms with Crippen molar-refractivity contribution in [3.8, 4) is 0 Å². The van der Waals surface area contributed by atoms with Gasteiger partial charge in [-0.05, 0) is 80.5 Å². The summed E-state index contributed by atoms with van der Waals surface area (Å²) in [5.74, 6) is -4.04. The fraction of sp³-hybridized carbons (Fsp3) is 0.826. The molecule has 3 aliphatic rings. The first-order valence-corrected chi connectivity index (χ1v) is 22.5. The average molecular weight is 882 g/mol. The fourth-order valence-corrected chi connectivity index (χ4v) is 9.66. The second-order valence-electron chi connectivity index (χ2n) is 19.1. The average Bonchev–Trinajstić information content (AvgIpc) is 3.22. The molecule has 18 atom stereocenters. The zero-order chi connectivity index (χ0) is 46.3. The number of rotatable bonds is 13. The Balaban J connectivity index is 1.80. The topological polar surface area (TPSA) is 210 Å². The third kappa shape index (κ3) is 12.5. The smallest absolute Gasteiger partial charge is 0.311 e. The summed E-state index contributed by atoms with van der Waals surface area (Å²) in [7, 11) is 5.24. The number of oxime groups is 1. The normalized spacial score (nSPS) is 43.6. The highest BCUT2D eigenvalue weighted by molar-refractivity contribution is 5.88. The van der Waals surface area contributed by atoms with E-state index >= 15 is 0 Å². The molecule has 0 bridgehead atoms. The molecule has 16 heteroatoms. The van der Waals surface area contributed by atoms with Crippen molar-refractivity contribution in [2.24, 2.45) is 28.8 Å². The van der Waals surface area contributed by atoms with E-state index in [0.29, 0.717) is 25.2 Å². The first kappa shape index (κ1) is 52.3. The second-order valence-corrected chi connectivity index (χ2v) is 19.1. The zero-order valence-electron chi connectivity index (χ0n) is 39.4. The van der Waals surface area contributed by atoms with E-state index in [2.05, 4.69) is 10.5 Å². The van der Waals surface area contributed by atoms with Crippen LogP contribution in [0.15, 0.2) is 35.5 Å². The van der Waals surface area contributed by atoms with E-state index in [1.807, 2.05) is 63.2 Å². The minimum atomic E-state index is -1.95. The number of nitrogens with zero attached hydrogens (tertiary/aromatic N) is 2. The van der Waals surface area contributed by atoms with Crippen molar-refractivity contribution in [3.63, 3.8) is 0 Å². The van der Waals surface area contributed by atoms with Crippen LogP contribution in [0.3, 0.4) is 0 Å². The van der Waals surface area contributed by atoms with Gasteiger partial charge in [0.25, 0.3) is 0 Å². The predicted octanol–water partition coefficient (Wildman–Crippen LogP) is 3.38. The number of hydrogen-bond acceptors (Lipinski definition) is 16. The van der Waals surface area contributed by atoms with E-state index in [1.165, 1.54) is 14.0 Å². The number of carbonyl (C=O) groups is 1. The van der Waals surface area contributed by atoms with Crippen LogP contribution in [0.2, 0.25) is 0 Å². The summed E-state index contributed by atoms with van der Waals surface area (Å²) in [6, 6.07) is 9.62. The van der Waals surface area contributed by atoms with Crippen molar-refractivity contribution in [2.75, 3.05) is 34.4 Å². The highest BCUT2D eigenvalue weighted by Crippen LogP contribution is 2.41. The minimum Gasteiger partial charge on any atom is -0.459 e. The van der Waals surface area contributed by atoms with Crippen molar-refractivity contribution in [3.05, 3.63) is 35.9 Å². The van der Waals surface area contributed by atoms with Crippen LogP contribution < -0.4 is 5.32 Å². The summed E-state index contributed by atoms with van der Waals surface area (Å²) < 4.78 is 37.9. The van der Waals surface area contributed by atoms with Crippen LogP contribution >= 0.6 is 0 Å². The van der Waals surface area contributed by atoms with E-state index in [-0.39, 0.29) is 38.0 Å². The molecule has 3 saturated heterocycles. The van der Waals surface area contributed by atoms with Gasteiger partial charge in [-0.1, -0.05) is 63.2 Å². The molecule has 62 heavy (non-hydrogen) atoms. The Bertz CT molecular complexity index is 1570. The van der Waals surface area contributed by atoms with Crippen molar-refractivity contribution < 1.29 is 63.6 Å². The largest absolute Gasteiger partial charge is 0.459 e. The molecule has 0 aliphatic carbocycles. The maximum Gasteiger partial charge on any atom is 0.311 e. The molecular formula is C46H79N3O13. The number of aliphatic hydroxyl groups excluding tert-OH is 3. The Hall–Kier alpha value is -2.32. The third-order valence-electron chi connectivity index (χ3n) is 13.6. The molecular weight excluding hydrogens is 803 g/mol. The van der Waals surface area contributed by atoms with Gasteiger partial charge in [0.1, 0.15) is 30.5 Å². The number of ether oxygens (including phenoxy) is 6. The lowest BCUT2D eigenvalue weighted by atomic mass is 9.73. The quantitative estimate of drug-likeness (QED) is 0.0954. The number of nitrogens with one attached hydrogen (secondary N) is 1. The molecule has 356 valence electrons. The number of aliphatic hydroxyl groups is 5. The number of hydrogen-bond donors (Lipinski definition) is 6. The minimum absolute atomic E-state index is 0.00120. The number of likely N-dealkylation sites (N-methyl/N-ethyl adjacent to an activating group) is 1. The molecule has 3 heterocycles. The molecule has 0 aromatic heterocycles. The summed E-state index contributed by atoms with van der Waals surface area (Å²) >= 11 is 0. The van der Waals surface area contributed by atoms with Gasteiger partial charge in [-0.3, -0.25) is 4.79 Å². The molecule has 0 radical (unpaired) electrons. The molecule has 1 aromatic rings. The lowest BCUT2D eigenvalue weighted by Crippen LogP contribution is -2.61. The Kier molecular flexibility index (Phi) is 18.8. The van der Waals surface area contributed by atoms with Gasteiger partial charge in [0.2, 0.25) is 0 Å². The van der Waals surface area contributed by atoms with Gasteiger partial charge < -0.3 is 69.0 Å². The van der Waals surface area contributed by atoms with Crippen molar-refractivity contribution in [2.45, 2.75) is 186 Å². The van der Waals surface area contributed by atoms with Gasteiger partial charge in [0.05, 0.1) is 53.4 Å². The molecule has 0 spiro atoms. The SMILES string of the molecule is CC[C@H]1OC(=O)[C@H](C)[C@@H](O[C@H]2C[C@@](C)(OC)[C@@H](O)[C@H](C)O2)[C@H](C)[C@@H](O[C@@H]2O[C@H](C)CC(N(C)C)[C@H]2O)C(C)(O)C[C@@H](C)/C(=N\OCCNCc2ccccc2)[C@H](C)[C@@H](O)[C@]1(C)O. The second kappa shape index (κ2) is 22.2. The first-order valence-electron chi connectivity index (χ1n) is 22.5. The Morgan fingerprint density at radius 2 is 1.58 bits per heavy atom. The summed E-state index contributed by atoms with van der Waals surface area (Å²) in [4.78, 5) is 22.2. The summed E-state index contributed by atoms with van der Waals surface area (Å²) in [5, 5.41) is 67.5. The number of carbonyl (C=O) groups excluding carboxylic acids is 1. The molecule has 3 fully saturated rings. The molecule has 16 nitrogen and oxygen atoms in total. The number of methoxy groups -OCH3 is 1. The zero-order valence-corrected chi connectivity index (χ0v) is 39.4. The highest BCUT2D eigenvalue weighted by atomic mass is 16.7. The van der Waals surface area contributed by atoms with E-state index in [4.69, 9.17) is 33.3 Å². The number of cyclic esters (lactones) is 1. The van der Waals surface area contributed by atoms with E-state index < -0.39 is 102 Å². The van der Waals surface area contributed by atoms with Crippen LogP contribution in [0.5, 0.6) is 0 Å².